The number of carboxylic acid groups (broad SMARTS) is 1. The maximum atomic E-state index is 11.9. The second-order valence-corrected chi connectivity index (χ2v) is 5.39. The summed E-state index contributed by atoms with van der Waals surface area (Å²) < 4.78 is 0. The molecule has 0 saturated heterocycles. The van der Waals surface area contributed by atoms with Crippen LogP contribution in [0.25, 0.3) is 0 Å². The van der Waals surface area contributed by atoms with Crippen molar-refractivity contribution in [1.82, 2.24) is 4.90 Å². The topological polar surface area (TPSA) is 57.6 Å². The number of hydrogen-bond acceptors (Lipinski definition) is 2. The summed E-state index contributed by atoms with van der Waals surface area (Å²) in [5.74, 6) is -1.47. The smallest absolute Gasteiger partial charge is 0.312 e. The Balaban J connectivity index is 2.10. The molecular weight excluding hydrogens is 289 g/mol. The second kappa shape index (κ2) is 5.80. The Morgan fingerprint density at radius 1 is 1.26 bits per heavy atom. The van der Waals surface area contributed by atoms with E-state index >= 15 is 0 Å². The molecule has 1 aromatic rings. The van der Waals surface area contributed by atoms with Crippen LogP contribution in [-0.4, -0.2) is 27.9 Å². The molecule has 0 heterocycles. The third-order valence-corrected chi connectivity index (χ3v) is 3.69. The fourth-order valence-electron chi connectivity index (χ4n) is 1.87. The first-order valence-electron chi connectivity index (χ1n) is 5.92. The van der Waals surface area contributed by atoms with E-state index in [2.05, 4.69) is 0 Å². The maximum absolute atomic E-state index is 11.9. The van der Waals surface area contributed by atoms with Gasteiger partial charge in [-0.15, -0.1) is 0 Å². The molecule has 1 aliphatic carbocycles. The van der Waals surface area contributed by atoms with E-state index in [0.717, 1.165) is 18.4 Å². The van der Waals surface area contributed by atoms with Gasteiger partial charge in [0.1, 0.15) is 6.42 Å². The monoisotopic (exact) mass is 301 g/mol. The van der Waals surface area contributed by atoms with Crippen LogP contribution in [0.15, 0.2) is 18.2 Å². The van der Waals surface area contributed by atoms with Crippen molar-refractivity contribution in [1.29, 1.82) is 0 Å². The van der Waals surface area contributed by atoms with Crippen LogP contribution in [0.3, 0.4) is 0 Å². The van der Waals surface area contributed by atoms with Gasteiger partial charge in [-0.2, -0.15) is 0 Å². The number of carbonyl (C=O) groups excluding carboxylic acids is 1. The summed E-state index contributed by atoms with van der Waals surface area (Å²) in [6.07, 6.45) is 1.37. The molecule has 102 valence electrons. The molecule has 0 aliphatic heterocycles. The molecule has 6 heteroatoms. The summed E-state index contributed by atoms with van der Waals surface area (Å²) >= 11 is 11.8. The Kier molecular flexibility index (Phi) is 4.32. The zero-order valence-corrected chi connectivity index (χ0v) is 11.6. The normalized spacial score (nSPS) is 14.2. The highest BCUT2D eigenvalue weighted by Gasteiger charge is 2.33. The predicted octanol–water partition coefficient (Wildman–Crippen LogP) is 2.96. The van der Waals surface area contributed by atoms with Crippen molar-refractivity contribution < 1.29 is 14.7 Å². The van der Waals surface area contributed by atoms with Gasteiger partial charge in [0.15, 0.2) is 0 Å². The minimum absolute atomic E-state index is 0.154. The van der Waals surface area contributed by atoms with E-state index in [9.17, 15) is 9.59 Å². The number of benzene rings is 1. The van der Waals surface area contributed by atoms with Crippen LogP contribution in [0, 0.1) is 0 Å². The predicted molar refractivity (Wildman–Crippen MR) is 72.3 cm³/mol. The van der Waals surface area contributed by atoms with Gasteiger partial charge in [0, 0.05) is 12.6 Å². The molecule has 1 aliphatic rings. The first kappa shape index (κ1) is 14.2. The van der Waals surface area contributed by atoms with Crippen molar-refractivity contribution in [3.05, 3.63) is 33.8 Å². The van der Waals surface area contributed by atoms with E-state index in [1.165, 1.54) is 0 Å². The lowest BCUT2D eigenvalue weighted by Crippen LogP contribution is -2.33. The van der Waals surface area contributed by atoms with Gasteiger partial charge in [-0.1, -0.05) is 29.3 Å². The fourth-order valence-corrected chi connectivity index (χ4v) is 2.19. The van der Waals surface area contributed by atoms with Crippen LogP contribution in [-0.2, 0) is 16.1 Å². The number of nitrogens with zero attached hydrogens (tertiary/aromatic N) is 1. The summed E-state index contributed by atoms with van der Waals surface area (Å²) in [7, 11) is 0. The molecule has 0 atom stereocenters. The van der Waals surface area contributed by atoms with Crippen LogP contribution in [0.1, 0.15) is 24.8 Å². The number of aliphatic carboxylic acids is 1. The highest BCUT2D eigenvalue weighted by Crippen LogP contribution is 2.30. The van der Waals surface area contributed by atoms with Gasteiger partial charge in [0.25, 0.3) is 0 Å². The molecule has 4 nitrogen and oxygen atoms in total. The summed E-state index contributed by atoms with van der Waals surface area (Å²) in [5.41, 5.74) is 0.847. The molecule has 1 N–H and O–H groups in total. The van der Waals surface area contributed by atoms with Crippen molar-refractivity contribution in [2.24, 2.45) is 0 Å². The molecule has 0 radical (unpaired) electrons. The third-order valence-electron chi connectivity index (χ3n) is 2.95. The van der Waals surface area contributed by atoms with Crippen molar-refractivity contribution in [3.63, 3.8) is 0 Å². The Bertz CT molecular complexity index is 515. The molecule has 0 spiro atoms. The lowest BCUT2D eigenvalue weighted by Gasteiger charge is -2.22. The molecule has 1 amide bonds. The van der Waals surface area contributed by atoms with Crippen molar-refractivity contribution >= 4 is 35.1 Å². The minimum Gasteiger partial charge on any atom is -0.481 e. The van der Waals surface area contributed by atoms with Gasteiger partial charge in [-0.3, -0.25) is 9.59 Å². The Hall–Kier alpha value is -1.26. The lowest BCUT2D eigenvalue weighted by atomic mass is 10.2. The van der Waals surface area contributed by atoms with Gasteiger partial charge in [0.05, 0.1) is 10.0 Å². The van der Waals surface area contributed by atoms with Gasteiger partial charge >= 0.3 is 5.97 Å². The maximum Gasteiger partial charge on any atom is 0.312 e. The van der Waals surface area contributed by atoms with Crippen molar-refractivity contribution in [2.75, 3.05) is 0 Å². The quantitative estimate of drug-likeness (QED) is 0.851. The number of rotatable bonds is 5. The van der Waals surface area contributed by atoms with Crippen molar-refractivity contribution in [2.45, 2.75) is 31.8 Å². The third kappa shape index (κ3) is 3.85. The largest absolute Gasteiger partial charge is 0.481 e. The van der Waals surface area contributed by atoms with E-state index in [0.29, 0.717) is 16.6 Å². The van der Waals surface area contributed by atoms with Crippen LogP contribution < -0.4 is 0 Å². The zero-order chi connectivity index (χ0) is 14.0. The van der Waals surface area contributed by atoms with Crippen LogP contribution in [0.4, 0.5) is 0 Å². The summed E-state index contributed by atoms with van der Waals surface area (Å²) in [6, 6.07) is 5.32. The molecule has 19 heavy (non-hydrogen) atoms. The molecular formula is C13H13Cl2NO3. The second-order valence-electron chi connectivity index (χ2n) is 4.57. The summed E-state index contributed by atoms with van der Waals surface area (Å²) in [4.78, 5) is 24.1. The average molecular weight is 302 g/mol. The van der Waals surface area contributed by atoms with Gasteiger partial charge in [0.2, 0.25) is 5.91 Å². The first-order chi connectivity index (χ1) is 8.97. The highest BCUT2D eigenvalue weighted by atomic mass is 35.5. The molecule has 0 bridgehead atoms. The van der Waals surface area contributed by atoms with E-state index in [1.807, 2.05) is 0 Å². The molecule has 0 unspecified atom stereocenters. The lowest BCUT2D eigenvalue weighted by molar-refractivity contribution is -0.144. The standard InChI is InChI=1S/C13H13Cl2NO3/c14-10-4-1-8(5-11(10)15)7-16(9-2-3-9)12(17)6-13(18)19/h1,4-5,9H,2-3,6-7H2,(H,18,19). The van der Waals surface area contributed by atoms with E-state index in [-0.39, 0.29) is 11.9 Å². The molecule has 0 aromatic heterocycles. The van der Waals surface area contributed by atoms with Gasteiger partial charge in [-0.25, -0.2) is 0 Å². The number of hydrogen-bond donors (Lipinski definition) is 1. The molecule has 2 rings (SSSR count). The van der Waals surface area contributed by atoms with Gasteiger partial charge < -0.3 is 10.0 Å². The van der Waals surface area contributed by atoms with Crippen LogP contribution in [0.2, 0.25) is 10.0 Å². The van der Waals surface area contributed by atoms with E-state index < -0.39 is 12.4 Å². The Morgan fingerprint density at radius 3 is 2.47 bits per heavy atom. The van der Waals surface area contributed by atoms with E-state index in [1.54, 1.807) is 23.1 Å². The average Bonchev–Trinajstić information content (AvgIpc) is 3.13. The SMILES string of the molecule is O=C(O)CC(=O)N(Cc1ccc(Cl)c(Cl)c1)C1CC1. The number of carbonyl (C=O) groups is 2. The van der Waals surface area contributed by atoms with E-state index in [4.69, 9.17) is 28.3 Å². The fraction of sp³-hybridized carbons (Fsp3) is 0.385. The first-order valence-corrected chi connectivity index (χ1v) is 6.68. The number of amides is 1. The molecule has 1 saturated carbocycles. The number of carboxylic acids is 1. The highest BCUT2D eigenvalue weighted by molar-refractivity contribution is 6.42. The molecule has 1 aromatic carbocycles. The van der Waals surface area contributed by atoms with Crippen LogP contribution in [0.5, 0.6) is 0 Å². The zero-order valence-electron chi connectivity index (χ0n) is 10.1. The van der Waals surface area contributed by atoms with Crippen molar-refractivity contribution in [3.8, 4) is 0 Å². The minimum atomic E-state index is -1.11. The number of halogens is 2. The Morgan fingerprint density at radius 2 is 1.95 bits per heavy atom. The van der Waals surface area contributed by atoms with Crippen LogP contribution >= 0.6 is 23.2 Å². The summed E-state index contributed by atoms with van der Waals surface area (Å²) in [5, 5.41) is 9.59. The van der Waals surface area contributed by atoms with Gasteiger partial charge in [-0.05, 0) is 30.5 Å². The molecule has 1 fully saturated rings. The summed E-state index contributed by atoms with van der Waals surface area (Å²) in [6.45, 7) is 0.369. The Labute approximate surface area is 120 Å².